The Morgan fingerprint density at radius 2 is 1.25 bits per heavy atom. The van der Waals surface area contributed by atoms with E-state index < -0.39 is 24.8 Å². The van der Waals surface area contributed by atoms with Crippen molar-refractivity contribution in [1.82, 2.24) is 0 Å². The molecule has 0 fully saturated rings. The molecule has 0 saturated carbocycles. The normalized spacial score (nSPS) is 6.25. The van der Waals surface area contributed by atoms with Crippen molar-refractivity contribution in [1.29, 1.82) is 0 Å². The van der Waals surface area contributed by atoms with E-state index in [-0.39, 0.29) is 0 Å². The maximum absolute atomic E-state index is 8.81. The van der Waals surface area contributed by atoms with Gasteiger partial charge in [0, 0.05) is 0 Å². The molecule has 0 aromatic rings. The first-order valence-electron chi connectivity index (χ1n) is 1.30. The van der Waals surface area contributed by atoms with Crippen molar-refractivity contribution in [2.24, 2.45) is 0 Å². The quantitative estimate of drug-likeness (QED) is 0.337. The second kappa shape index (κ2) is 6.70. The molecule has 0 rings (SSSR count). The van der Waals surface area contributed by atoms with Gasteiger partial charge in [-0.2, -0.15) is 0 Å². The van der Waals surface area contributed by atoms with E-state index in [0.29, 0.717) is 0 Å². The second-order valence-corrected chi connectivity index (χ2v) is 1.45. The molecule has 0 spiro atoms. The fourth-order valence-electron chi connectivity index (χ4n) is 0. The SMILES string of the molecule is O=C(O)O.[O]=[Ti]([OH])[OH]. The van der Waals surface area contributed by atoms with E-state index in [0.717, 1.165) is 0 Å². The molecule has 0 aromatic heterocycles. The number of hydrogen-bond acceptors (Lipinski definition) is 2. The van der Waals surface area contributed by atoms with E-state index in [1.165, 1.54) is 0 Å². The molecule has 0 aromatic carbocycles. The average Bonchev–Trinajstić information content (AvgIpc) is 1.25. The first kappa shape index (κ1) is 10.6. The van der Waals surface area contributed by atoms with Gasteiger partial charge in [0.05, 0.1) is 0 Å². The maximum atomic E-state index is 8.81. The third-order valence-electron chi connectivity index (χ3n) is 0. The molecule has 0 saturated heterocycles. The number of hydrogen-bond donors (Lipinski definition) is 4. The van der Waals surface area contributed by atoms with Crippen LogP contribution in [0.15, 0.2) is 0 Å². The molecule has 0 bridgehead atoms. The Balaban J connectivity index is 0. The van der Waals surface area contributed by atoms with Crippen molar-refractivity contribution in [2.75, 3.05) is 0 Å². The van der Waals surface area contributed by atoms with Gasteiger partial charge in [-0.15, -0.1) is 0 Å². The standard InChI is InChI=1S/CH2O3.2H2O.O.Ti/c2-1(3)4;;;;/h(H2,2,3,4);2*1H2;;/q;;;;+2/p-2. The third kappa shape index (κ3) is 1440. The summed E-state index contributed by atoms with van der Waals surface area (Å²) in [5.41, 5.74) is 0. The Morgan fingerprint density at radius 1 is 1.25 bits per heavy atom. The Hall–Kier alpha value is -0.296. The molecule has 0 amide bonds. The van der Waals surface area contributed by atoms with Gasteiger partial charge in [0.2, 0.25) is 0 Å². The second-order valence-electron chi connectivity index (χ2n) is 0.565. The molecule has 0 aliphatic carbocycles. The van der Waals surface area contributed by atoms with Crippen LogP contribution in [-0.4, -0.2) is 23.7 Å². The van der Waals surface area contributed by atoms with E-state index in [1.807, 2.05) is 0 Å². The van der Waals surface area contributed by atoms with Gasteiger partial charge in [-0.3, -0.25) is 0 Å². The monoisotopic (exact) mass is 160 g/mol. The Kier molecular flexibility index (Phi) is 8.92. The molecule has 6 nitrogen and oxygen atoms in total. The first-order chi connectivity index (χ1) is 3.46. The molecule has 4 N–H and O–H groups in total. The van der Waals surface area contributed by atoms with Crippen LogP contribution in [0, 0.1) is 0 Å². The van der Waals surface area contributed by atoms with Crippen molar-refractivity contribution in [2.45, 2.75) is 0 Å². The number of carbonyl (C=O) groups is 1. The number of carboxylic acid groups (broad SMARTS) is 2. The van der Waals surface area contributed by atoms with E-state index in [1.54, 1.807) is 0 Å². The van der Waals surface area contributed by atoms with Crippen molar-refractivity contribution in [3.63, 3.8) is 0 Å². The van der Waals surface area contributed by atoms with Crippen molar-refractivity contribution < 1.29 is 44.3 Å². The molecule has 0 aliphatic heterocycles. The van der Waals surface area contributed by atoms with Crippen LogP contribution < -0.4 is 0 Å². The third-order valence-corrected chi connectivity index (χ3v) is 0. The minimum atomic E-state index is -3.58. The van der Waals surface area contributed by atoms with Crippen LogP contribution in [0.4, 0.5) is 4.79 Å². The molecule has 8 heavy (non-hydrogen) atoms. The summed E-state index contributed by atoms with van der Waals surface area (Å²) in [6, 6.07) is 0. The van der Waals surface area contributed by atoms with E-state index >= 15 is 0 Å². The van der Waals surface area contributed by atoms with Gasteiger partial charge in [-0.25, -0.2) is 4.79 Å². The molecular weight excluding hydrogens is 156 g/mol. The van der Waals surface area contributed by atoms with Gasteiger partial charge in [0.25, 0.3) is 0 Å². The molecule has 0 radical (unpaired) electrons. The van der Waals surface area contributed by atoms with E-state index in [2.05, 4.69) is 0 Å². The van der Waals surface area contributed by atoms with Gasteiger partial charge >= 0.3 is 35.5 Å². The summed E-state index contributed by atoms with van der Waals surface area (Å²) in [7, 11) is 0. The molecular formula is CH4O6Ti. The molecule has 0 unspecified atom stereocenters. The van der Waals surface area contributed by atoms with Gasteiger partial charge in [-0.05, 0) is 0 Å². The average molecular weight is 160 g/mol. The summed E-state index contributed by atoms with van der Waals surface area (Å²) >= 11 is -3.58. The summed E-state index contributed by atoms with van der Waals surface area (Å²) in [5.74, 6) is 0. The first-order valence-corrected chi connectivity index (χ1v) is 3.34. The Morgan fingerprint density at radius 3 is 1.25 bits per heavy atom. The molecule has 0 aliphatic rings. The molecule has 7 heteroatoms. The van der Waals surface area contributed by atoms with Crippen molar-refractivity contribution >= 4 is 6.16 Å². The van der Waals surface area contributed by atoms with E-state index in [4.69, 9.17) is 25.7 Å². The topological polar surface area (TPSA) is 115 Å². The zero-order valence-electron chi connectivity index (χ0n) is 3.61. The fourth-order valence-corrected chi connectivity index (χ4v) is 0. The Labute approximate surface area is 51.1 Å². The van der Waals surface area contributed by atoms with Gasteiger partial charge < -0.3 is 10.2 Å². The molecule has 48 valence electrons. The fraction of sp³-hybridized carbons (Fsp3) is 0. The zero-order valence-corrected chi connectivity index (χ0v) is 5.17. The summed E-state index contributed by atoms with van der Waals surface area (Å²) in [6.07, 6.45) is -1.83. The predicted molar refractivity (Wildman–Crippen MR) is 15.8 cm³/mol. The van der Waals surface area contributed by atoms with Crippen LogP contribution in [0.3, 0.4) is 0 Å². The summed E-state index contributed by atoms with van der Waals surface area (Å²) < 4.78 is 23.2. The minimum absolute atomic E-state index is 1.83. The summed E-state index contributed by atoms with van der Waals surface area (Å²) in [6.45, 7) is 0. The number of rotatable bonds is 0. The summed E-state index contributed by atoms with van der Waals surface area (Å²) in [5, 5.41) is 13.9. The van der Waals surface area contributed by atoms with Gasteiger partial charge in [0.15, 0.2) is 0 Å². The van der Waals surface area contributed by atoms with E-state index in [9.17, 15) is 0 Å². The van der Waals surface area contributed by atoms with Gasteiger partial charge in [-0.1, -0.05) is 0 Å². The molecule has 0 heterocycles. The van der Waals surface area contributed by atoms with Crippen LogP contribution >= 0.6 is 0 Å². The van der Waals surface area contributed by atoms with Crippen LogP contribution in [0.1, 0.15) is 0 Å². The zero-order chi connectivity index (χ0) is 7.15. The van der Waals surface area contributed by atoms with Crippen molar-refractivity contribution in [3.8, 4) is 0 Å². The molecule has 0 atom stereocenters. The predicted octanol–water partition coefficient (Wildman–Crippen LogP) is -1.01. The van der Waals surface area contributed by atoms with Crippen LogP contribution in [0.5, 0.6) is 0 Å². The van der Waals surface area contributed by atoms with Gasteiger partial charge in [0.1, 0.15) is 0 Å². The summed E-state index contributed by atoms with van der Waals surface area (Å²) in [4.78, 5) is 8.56. The van der Waals surface area contributed by atoms with Crippen molar-refractivity contribution in [3.05, 3.63) is 0 Å². The van der Waals surface area contributed by atoms with Crippen LogP contribution in [0.2, 0.25) is 0 Å². The van der Waals surface area contributed by atoms with Crippen LogP contribution in [-0.2, 0) is 21.9 Å². The van der Waals surface area contributed by atoms with Crippen LogP contribution in [0.25, 0.3) is 0 Å². The Bertz CT molecular complexity index is 66.5.